The maximum absolute atomic E-state index is 13.7. The summed E-state index contributed by atoms with van der Waals surface area (Å²) in [4.78, 5) is 10.4. The molecule has 2 aromatic heterocycles. The van der Waals surface area contributed by atoms with E-state index >= 15 is 0 Å². The smallest absolute Gasteiger partial charge is 0.364 e. The predicted molar refractivity (Wildman–Crippen MR) is 121 cm³/mol. The molecule has 0 atom stereocenters. The molecular formula is C23H18F3N5S. The van der Waals surface area contributed by atoms with Gasteiger partial charge in [0.25, 0.3) is 0 Å². The number of thiazole rings is 1. The number of hydrogen-bond acceptors (Lipinski definition) is 5. The van der Waals surface area contributed by atoms with Crippen LogP contribution in [0.4, 0.5) is 29.7 Å². The molecule has 1 aliphatic rings. The summed E-state index contributed by atoms with van der Waals surface area (Å²) in [5, 5.41) is 5.09. The van der Waals surface area contributed by atoms with Gasteiger partial charge in [0, 0.05) is 47.8 Å². The van der Waals surface area contributed by atoms with Crippen LogP contribution in [0.3, 0.4) is 0 Å². The molecule has 5 nitrogen and oxygen atoms in total. The molecule has 0 spiro atoms. The van der Waals surface area contributed by atoms with Crippen molar-refractivity contribution in [2.75, 3.05) is 23.3 Å². The van der Waals surface area contributed by atoms with Crippen LogP contribution >= 0.6 is 11.3 Å². The van der Waals surface area contributed by atoms with Crippen molar-refractivity contribution in [2.45, 2.75) is 6.18 Å². The maximum atomic E-state index is 13.7. The van der Waals surface area contributed by atoms with E-state index in [-0.39, 0.29) is 5.69 Å². The van der Waals surface area contributed by atoms with Gasteiger partial charge in [-0.3, -0.25) is 0 Å². The lowest BCUT2D eigenvalue weighted by Crippen LogP contribution is -2.19. The first-order valence-corrected chi connectivity index (χ1v) is 10.8. The highest BCUT2D eigenvalue weighted by Crippen LogP contribution is 2.39. The Morgan fingerprint density at radius 1 is 0.969 bits per heavy atom. The number of rotatable bonds is 5. The molecule has 9 heteroatoms. The van der Waals surface area contributed by atoms with Gasteiger partial charge < -0.3 is 14.8 Å². The van der Waals surface area contributed by atoms with E-state index < -0.39 is 11.7 Å². The highest BCUT2D eigenvalue weighted by molar-refractivity contribution is 7.14. The average molecular weight is 453 g/mol. The fourth-order valence-electron chi connectivity index (χ4n) is 3.56. The van der Waals surface area contributed by atoms with E-state index in [0.29, 0.717) is 29.6 Å². The Labute approximate surface area is 186 Å². The molecule has 0 amide bonds. The summed E-state index contributed by atoms with van der Waals surface area (Å²) in [7, 11) is 0. The second-order valence-corrected chi connectivity index (χ2v) is 8.14. The third-order valence-electron chi connectivity index (χ3n) is 5.20. The van der Waals surface area contributed by atoms with Crippen molar-refractivity contribution in [1.82, 2.24) is 14.5 Å². The van der Waals surface area contributed by atoms with E-state index in [2.05, 4.69) is 15.3 Å². The van der Waals surface area contributed by atoms with E-state index in [4.69, 9.17) is 0 Å². The maximum Gasteiger partial charge on any atom is 0.418 e. The largest absolute Gasteiger partial charge is 0.418 e. The van der Waals surface area contributed by atoms with E-state index in [0.717, 1.165) is 11.3 Å². The fourth-order valence-corrected chi connectivity index (χ4v) is 4.29. The van der Waals surface area contributed by atoms with Gasteiger partial charge in [-0.1, -0.05) is 24.3 Å². The van der Waals surface area contributed by atoms with Gasteiger partial charge in [-0.25, -0.2) is 9.97 Å². The molecule has 5 rings (SSSR count). The van der Waals surface area contributed by atoms with Crippen molar-refractivity contribution in [3.05, 3.63) is 84.3 Å². The molecule has 3 heterocycles. The van der Waals surface area contributed by atoms with Crippen molar-refractivity contribution in [3.63, 3.8) is 0 Å². The minimum atomic E-state index is -4.48. The minimum Gasteiger partial charge on any atom is -0.364 e. The van der Waals surface area contributed by atoms with Gasteiger partial charge in [-0.05, 0) is 30.3 Å². The molecule has 2 aromatic carbocycles. The number of halogens is 3. The van der Waals surface area contributed by atoms with Crippen LogP contribution in [0, 0.1) is 0 Å². The molecule has 1 aliphatic heterocycles. The molecule has 1 N–H and O–H groups in total. The lowest BCUT2D eigenvalue weighted by molar-refractivity contribution is -0.136. The predicted octanol–water partition coefficient (Wildman–Crippen LogP) is 6.13. The number of benzene rings is 2. The van der Waals surface area contributed by atoms with Gasteiger partial charge in [0.15, 0.2) is 5.13 Å². The van der Waals surface area contributed by atoms with Crippen molar-refractivity contribution in [3.8, 4) is 16.9 Å². The standard InChI is InChI=1S/C23H18F3N5S/c24-23(25,26)19-13-18(30-10-1-2-11-30)7-8-20(19)28-22-29-21(14-32-22)16-3-5-17(6-4-16)31-12-9-27-15-31/h1-9,12-15H,10-11H2,(H,28,29). The van der Waals surface area contributed by atoms with E-state index in [1.807, 2.05) is 57.5 Å². The number of aromatic nitrogens is 3. The third kappa shape index (κ3) is 4.11. The SMILES string of the molecule is FC(F)(F)c1cc(N2CC=CC2)ccc1Nc1nc(-c2ccc(-n3ccnc3)cc2)cs1. The summed E-state index contributed by atoms with van der Waals surface area (Å²) >= 11 is 1.26. The first-order valence-electron chi connectivity index (χ1n) is 9.90. The van der Waals surface area contributed by atoms with E-state index in [1.165, 1.54) is 23.5 Å². The first-order chi connectivity index (χ1) is 15.5. The summed E-state index contributed by atoms with van der Waals surface area (Å²) in [6, 6.07) is 12.1. The molecule has 0 unspecified atom stereocenters. The number of imidazole rings is 1. The molecule has 0 radical (unpaired) electrons. The summed E-state index contributed by atoms with van der Waals surface area (Å²) in [5.41, 5.74) is 2.37. The Morgan fingerprint density at radius 2 is 1.72 bits per heavy atom. The monoisotopic (exact) mass is 453 g/mol. The Hall–Kier alpha value is -3.59. The van der Waals surface area contributed by atoms with Gasteiger partial charge in [0.2, 0.25) is 0 Å². The molecule has 162 valence electrons. The topological polar surface area (TPSA) is 46.0 Å². The van der Waals surface area contributed by atoms with Crippen LogP contribution in [-0.4, -0.2) is 27.6 Å². The number of nitrogens with zero attached hydrogens (tertiary/aromatic N) is 4. The lowest BCUT2D eigenvalue weighted by Gasteiger charge is -2.21. The second-order valence-electron chi connectivity index (χ2n) is 7.28. The van der Waals surface area contributed by atoms with Crippen molar-refractivity contribution in [2.24, 2.45) is 0 Å². The second kappa shape index (κ2) is 8.16. The zero-order chi connectivity index (χ0) is 22.1. The van der Waals surface area contributed by atoms with Gasteiger partial charge in [-0.2, -0.15) is 13.2 Å². The van der Waals surface area contributed by atoms with Crippen LogP contribution in [0.2, 0.25) is 0 Å². The lowest BCUT2D eigenvalue weighted by atomic mass is 10.1. The first kappa shape index (κ1) is 20.3. The molecule has 0 fully saturated rings. The zero-order valence-corrected chi connectivity index (χ0v) is 17.6. The zero-order valence-electron chi connectivity index (χ0n) is 16.8. The molecule has 0 saturated heterocycles. The molecule has 32 heavy (non-hydrogen) atoms. The number of alkyl halides is 3. The normalized spacial score (nSPS) is 13.7. The van der Waals surface area contributed by atoms with Crippen molar-refractivity contribution < 1.29 is 13.2 Å². The summed E-state index contributed by atoms with van der Waals surface area (Å²) in [6.07, 6.45) is 4.68. The molecule has 4 aromatic rings. The van der Waals surface area contributed by atoms with Crippen LogP contribution < -0.4 is 10.2 Å². The van der Waals surface area contributed by atoms with Crippen LogP contribution in [0.1, 0.15) is 5.56 Å². The van der Waals surface area contributed by atoms with Gasteiger partial charge >= 0.3 is 6.18 Å². The summed E-state index contributed by atoms with van der Waals surface area (Å²) in [6.45, 7) is 1.22. The Balaban J connectivity index is 1.38. The molecule has 0 bridgehead atoms. The van der Waals surface area contributed by atoms with E-state index in [9.17, 15) is 13.2 Å². The summed E-state index contributed by atoms with van der Waals surface area (Å²) < 4.78 is 43.1. The Morgan fingerprint density at radius 3 is 2.41 bits per heavy atom. The van der Waals surface area contributed by atoms with Crippen LogP contribution in [0.25, 0.3) is 16.9 Å². The minimum absolute atomic E-state index is 0.00948. The number of nitrogens with one attached hydrogen (secondary N) is 1. The summed E-state index contributed by atoms with van der Waals surface area (Å²) in [5.74, 6) is 0. The number of anilines is 3. The van der Waals surface area contributed by atoms with Gasteiger partial charge in [-0.15, -0.1) is 11.3 Å². The average Bonchev–Trinajstić information content (AvgIpc) is 3.56. The fraction of sp³-hybridized carbons (Fsp3) is 0.130. The van der Waals surface area contributed by atoms with Gasteiger partial charge in [0.05, 0.1) is 23.3 Å². The van der Waals surface area contributed by atoms with Crippen LogP contribution in [0.15, 0.2) is 78.7 Å². The quantitative estimate of drug-likeness (QED) is 0.369. The Kier molecular flexibility index (Phi) is 5.18. The highest BCUT2D eigenvalue weighted by atomic mass is 32.1. The Bertz CT molecular complexity index is 1240. The third-order valence-corrected chi connectivity index (χ3v) is 5.96. The van der Waals surface area contributed by atoms with Gasteiger partial charge in [0.1, 0.15) is 0 Å². The van der Waals surface area contributed by atoms with Crippen LogP contribution in [-0.2, 0) is 6.18 Å². The molecule has 0 saturated carbocycles. The van der Waals surface area contributed by atoms with Crippen LogP contribution in [0.5, 0.6) is 0 Å². The number of hydrogen-bond donors (Lipinski definition) is 1. The van der Waals surface area contributed by atoms with Crippen molar-refractivity contribution in [1.29, 1.82) is 0 Å². The van der Waals surface area contributed by atoms with E-state index in [1.54, 1.807) is 18.6 Å². The molecular weight excluding hydrogens is 435 g/mol. The highest BCUT2D eigenvalue weighted by Gasteiger charge is 2.34. The van der Waals surface area contributed by atoms with Crippen molar-refractivity contribution >= 4 is 27.8 Å². The molecule has 0 aliphatic carbocycles.